The summed E-state index contributed by atoms with van der Waals surface area (Å²) >= 11 is 1.30. The number of amides is 2. The summed E-state index contributed by atoms with van der Waals surface area (Å²) in [5.74, 6) is -1.08. The molecule has 0 saturated heterocycles. The Morgan fingerprint density at radius 3 is 2.63 bits per heavy atom. The highest BCUT2D eigenvalue weighted by Crippen LogP contribution is 2.30. The normalized spacial score (nSPS) is 10.8. The highest BCUT2D eigenvalue weighted by atomic mass is 32.1. The average Bonchev–Trinajstić information content (AvgIpc) is 3.07. The molecular weight excluding hydrogens is 371 g/mol. The van der Waals surface area contributed by atoms with E-state index in [1.54, 1.807) is 31.6 Å². The van der Waals surface area contributed by atoms with Crippen LogP contribution < -0.4 is 10.9 Å². The number of aromatic nitrogens is 2. The maximum atomic E-state index is 13.2. The molecule has 0 aliphatic rings. The molecule has 0 bridgehead atoms. The highest BCUT2D eigenvalue weighted by Gasteiger charge is 2.15. The SMILES string of the molecule is CN(C)C(=O)CNC(=O)Cn1cnc2scc(-c3ccc(F)cc3)c2c1=O. The highest BCUT2D eigenvalue weighted by molar-refractivity contribution is 7.17. The zero-order chi connectivity index (χ0) is 19.6. The van der Waals surface area contributed by atoms with Gasteiger partial charge >= 0.3 is 0 Å². The van der Waals surface area contributed by atoms with E-state index in [9.17, 15) is 18.8 Å². The van der Waals surface area contributed by atoms with E-state index in [4.69, 9.17) is 0 Å². The van der Waals surface area contributed by atoms with Crippen molar-refractivity contribution < 1.29 is 14.0 Å². The van der Waals surface area contributed by atoms with E-state index in [0.717, 1.165) is 0 Å². The van der Waals surface area contributed by atoms with Crippen LogP contribution in [-0.2, 0) is 16.1 Å². The predicted molar refractivity (Wildman–Crippen MR) is 101 cm³/mol. The van der Waals surface area contributed by atoms with Crippen LogP contribution in [0, 0.1) is 5.82 Å². The van der Waals surface area contributed by atoms with Crippen molar-refractivity contribution in [3.63, 3.8) is 0 Å². The lowest BCUT2D eigenvalue weighted by molar-refractivity contribution is -0.131. The first-order valence-electron chi connectivity index (χ1n) is 8.06. The van der Waals surface area contributed by atoms with Crippen molar-refractivity contribution in [2.24, 2.45) is 0 Å². The lowest BCUT2D eigenvalue weighted by Gasteiger charge is -2.11. The molecule has 0 aliphatic carbocycles. The van der Waals surface area contributed by atoms with Crippen LogP contribution in [0.3, 0.4) is 0 Å². The number of fused-ring (bicyclic) bond motifs is 1. The number of likely N-dealkylation sites (N-methyl/N-ethyl adjacent to an activating group) is 1. The Kier molecular flexibility index (Phi) is 5.31. The molecule has 0 fully saturated rings. The van der Waals surface area contributed by atoms with E-state index in [-0.39, 0.29) is 30.4 Å². The minimum atomic E-state index is -0.466. The number of rotatable bonds is 5. The molecule has 0 unspecified atom stereocenters. The number of halogens is 1. The fourth-order valence-corrected chi connectivity index (χ4v) is 3.37. The van der Waals surface area contributed by atoms with Crippen LogP contribution in [-0.4, -0.2) is 46.9 Å². The first-order valence-corrected chi connectivity index (χ1v) is 8.94. The van der Waals surface area contributed by atoms with Crippen molar-refractivity contribution in [1.29, 1.82) is 0 Å². The van der Waals surface area contributed by atoms with Crippen molar-refractivity contribution in [1.82, 2.24) is 19.8 Å². The van der Waals surface area contributed by atoms with Gasteiger partial charge in [-0.3, -0.25) is 19.0 Å². The van der Waals surface area contributed by atoms with Gasteiger partial charge in [-0.15, -0.1) is 11.3 Å². The summed E-state index contributed by atoms with van der Waals surface area (Å²) in [4.78, 5) is 42.6. The summed E-state index contributed by atoms with van der Waals surface area (Å²) in [5, 5.41) is 4.64. The second-order valence-electron chi connectivity index (χ2n) is 6.08. The van der Waals surface area contributed by atoms with Gasteiger partial charge in [-0.2, -0.15) is 0 Å². The van der Waals surface area contributed by atoms with Crippen molar-refractivity contribution in [3.8, 4) is 11.1 Å². The third-order valence-electron chi connectivity index (χ3n) is 3.97. The first-order chi connectivity index (χ1) is 12.9. The van der Waals surface area contributed by atoms with E-state index in [1.807, 2.05) is 0 Å². The van der Waals surface area contributed by atoms with Gasteiger partial charge in [-0.05, 0) is 17.7 Å². The molecular formula is C18H17FN4O3S. The quantitative estimate of drug-likeness (QED) is 0.717. The molecule has 2 heterocycles. The maximum Gasteiger partial charge on any atom is 0.263 e. The molecule has 2 amide bonds. The molecule has 7 nitrogen and oxygen atoms in total. The van der Waals surface area contributed by atoms with Crippen molar-refractivity contribution >= 4 is 33.4 Å². The summed E-state index contributed by atoms with van der Waals surface area (Å²) in [7, 11) is 3.18. The van der Waals surface area contributed by atoms with Crippen molar-refractivity contribution in [3.05, 3.63) is 52.1 Å². The Hall–Kier alpha value is -3.07. The lowest BCUT2D eigenvalue weighted by Crippen LogP contribution is -2.39. The van der Waals surface area contributed by atoms with Crippen LogP contribution in [0.2, 0.25) is 0 Å². The maximum absolute atomic E-state index is 13.2. The molecule has 9 heteroatoms. The lowest BCUT2D eigenvalue weighted by atomic mass is 10.1. The standard InChI is InChI=1S/C18H17FN4O3S/c1-22(2)15(25)7-20-14(24)8-23-10-21-17-16(18(23)26)13(9-27-17)11-3-5-12(19)6-4-11/h3-6,9-10H,7-8H2,1-2H3,(H,20,24). The number of carbonyl (C=O) groups is 2. The monoisotopic (exact) mass is 388 g/mol. The Morgan fingerprint density at radius 2 is 1.96 bits per heavy atom. The second-order valence-corrected chi connectivity index (χ2v) is 6.94. The molecule has 1 aromatic carbocycles. The predicted octanol–water partition coefficient (Wildman–Crippen LogP) is 1.47. The van der Waals surface area contributed by atoms with Gasteiger partial charge in [-0.1, -0.05) is 12.1 Å². The Bertz CT molecular complexity index is 1060. The minimum Gasteiger partial charge on any atom is -0.347 e. The zero-order valence-corrected chi connectivity index (χ0v) is 15.5. The van der Waals surface area contributed by atoms with E-state index < -0.39 is 5.91 Å². The van der Waals surface area contributed by atoms with Gasteiger partial charge in [0.05, 0.1) is 18.3 Å². The summed E-state index contributed by atoms with van der Waals surface area (Å²) in [6, 6.07) is 5.83. The molecule has 2 aromatic heterocycles. The number of nitrogens with one attached hydrogen (secondary N) is 1. The number of benzene rings is 1. The molecule has 3 rings (SSSR count). The van der Waals surface area contributed by atoms with Gasteiger partial charge in [-0.25, -0.2) is 9.37 Å². The van der Waals surface area contributed by atoms with Crippen LogP contribution in [0.1, 0.15) is 0 Å². The topological polar surface area (TPSA) is 84.3 Å². The van der Waals surface area contributed by atoms with Gasteiger partial charge in [0, 0.05) is 25.0 Å². The molecule has 0 aliphatic heterocycles. The van der Waals surface area contributed by atoms with Crippen molar-refractivity contribution in [2.75, 3.05) is 20.6 Å². The Balaban J connectivity index is 1.87. The second kappa shape index (κ2) is 7.67. The molecule has 0 saturated carbocycles. The first kappa shape index (κ1) is 18.7. The smallest absolute Gasteiger partial charge is 0.263 e. The minimum absolute atomic E-state index is 0.143. The third kappa shape index (κ3) is 4.03. The van der Waals surface area contributed by atoms with Crippen molar-refractivity contribution in [2.45, 2.75) is 6.54 Å². The molecule has 140 valence electrons. The van der Waals surface area contributed by atoms with Gasteiger partial charge in [0.2, 0.25) is 11.8 Å². The number of thiophene rings is 1. The number of hydrogen-bond donors (Lipinski definition) is 1. The van der Waals surface area contributed by atoms with Crippen LogP contribution in [0.25, 0.3) is 21.3 Å². The van der Waals surface area contributed by atoms with Gasteiger partial charge < -0.3 is 10.2 Å². The fourth-order valence-electron chi connectivity index (χ4n) is 2.47. The number of carbonyl (C=O) groups excluding carboxylic acids is 2. The largest absolute Gasteiger partial charge is 0.347 e. The fraction of sp³-hybridized carbons (Fsp3) is 0.222. The Morgan fingerprint density at radius 1 is 1.26 bits per heavy atom. The summed E-state index contributed by atoms with van der Waals surface area (Å²) in [5.41, 5.74) is 0.972. The number of nitrogens with zero attached hydrogens (tertiary/aromatic N) is 3. The third-order valence-corrected chi connectivity index (χ3v) is 4.85. The summed E-state index contributed by atoms with van der Waals surface area (Å²) in [6.45, 7) is -0.392. The zero-order valence-electron chi connectivity index (χ0n) is 14.7. The van der Waals surface area contributed by atoms with E-state index in [1.165, 1.54) is 39.3 Å². The van der Waals surface area contributed by atoms with Crippen LogP contribution in [0.4, 0.5) is 4.39 Å². The van der Waals surface area contributed by atoms with Gasteiger partial charge in [0.25, 0.3) is 5.56 Å². The van der Waals surface area contributed by atoms with Crippen LogP contribution >= 0.6 is 11.3 Å². The average molecular weight is 388 g/mol. The number of hydrogen-bond acceptors (Lipinski definition) is 5. The molecule has 0 atom stereocenters. The van der Waals surface area contributed by atoms with Crippen LogP contribution in [0.5, 0.6) is 0 Å². The van der Waals surface area contributed by atoms with Crippen LogP contribution in [0.15, 0.2) is 40.8 Å². The van der Waals surface area contributed by atoms with E-state index in [0.29, 0.717) is 21.3 Å². The van der Waals surface area contributed by atoms with Gasteiger partial charge in [0.15, 0.2) is 0 Å². The molecule has 1 N–H and O–H groups in total. The summed E-state index contributed by atoms with van der Waals surface area (Å²) < 4.78 is 14.4. The molecule has 0 spiro atoms. The van der Waals surface area contributed by atoms with E-state index >= 15 is 0 Å². The molecule has 0 radical (unpaired) electrons. The molecule has 3 aromatic rings. The summed E-state index contributed by atoms with van der Waals surface area (Å²) in [6.07, 6.45) is 1.31. The van der Waals surface area contributed by atoms with E-state index in [2.05, 4.69) is 10.3 Å². The Labute approximate surface area is 158 Å². The van der Waals surface area contributed by atoms with Gasteiger partial charge in [0.1, 0.15) is 17.2 Å². The molecule has 27 heavy (non-hydrogen) atoms.